The molecule has 0 spiro atoms. The van der Waals surface area contributed by atoms with Gasteiger partial charge in [0.15, 0.2) is 5.78 Å². The Balaban J connectivity index is 1.83. The highest BCUT2D eigenvalue weighted by atomic mass is 19.1. The Hall–Kier alpha value is -2.53. The molecule has 0 aliphatic carbocycles. The summed E-state index contributed by atoms with van der Waals surface area (Å²) in [6.07, 6.45) is -1.01. The lowest BCUT2D eigenvalue weighted by atomic mass is 9.99. The van der Waals surface area contributed by atoms with Gasteiger partial charge in [0.1, 0.15) is 5.82 Å². The number of benzene rings is 2. The Morgan fingerprint density at radius 1 is 1.12 bits per heavy atom. The predicted molar refractivity (Wildman–Crippen MR) is 93.9 cm³/mol. The average Bonchev–Trinajstić information content (AvgIpc) is 2.60. The molecular formula is C20H22FNO3. The van der Waals surface area contributed by atoms with Crippen LogP contribution in [0.2, 0.25) is 0 Å². The van der Waals surface area contributed by atoms with Crippen LogP contribution in [0.15, 0.2) is 42.5 Å². The second-order valence-electron chi connectivity index (χ2n) is 6.08. The van der Waals surface area contributed by atoms with E-state index >= 15 is 0 Å². The maximum Gasteiger partial charge on any atom is 0.220 e. The van der Waals surface area contributed by atoms with Gasteiger partial charge >= 0.3 is 0 Å². The number of hydrogen-bond donors (Lipinski definition) is 2. The fourth-order valence-corrected chi connectivity index (χ4v) is 2.55. The van der Waals surface area contributed by atoms with Crippen molar-refractivity contribution in [3.63, 3.8) is 0 Å². The number of rotatable bonds is 7. The number of halogens is 1. The van der Waals surface area contributed by atoms with Crippen molar-refractivity contribution in [2.24, 2.45) is 0 Å². The first-order valence-electron chi connectivity index (χ1n) is 8.18. The summed E-state index contributed by atoms with van der Waals surface area (Å²) in [5.41, 5.74) is 2.63. The molecule has 1 atom stereocenters. The van der Waals surface area contributed by atoms with Gasteiger partial charge in [0.2, 0.25) is 5.91 Å². The molecule has 0 aliphatic heterocycles. The zero-order valence-electron chi connectivity index (χ0n) is 14.4. The van der Waals surface area contributed by atoms with E-state index in [-0.39, 0.29) is 36.6 Å². The number of carbonyl (C=O) groups excluding carboxylic acids is 2. The molecule has 0 saturated heterocycles. The molecule has 2 N–H and O–H groups in total. The summed E-state index contributed by atoms with van der Waals surface area (Å²) in [6, 6.07) is 11.5. The lowest BCUT2D eigenvalue weighted by Crippen LogP contribution is -2.29. The van der Waals surface area contributed by atoms with Crippen LogP contribution in [-0.4, -0.2) is 23.3 Å². The molecule has 0 bridgehead atoms. The number of aryl methyl sites for hydroxylation is 2. The number of amides is 1. The van der Waals surface area contributed by atoms with E-state index in [4.69, 9.17) is 0 Å². The second kappa shape index (κ2) is 8.53. The van der Waals surface area contributed by atoms with Gasteiger partial charge < -0.3 is 10.4 Å². The highest BCUT2D eigenvalue weighted by Gasteiger charge is 2.15. The first-order chi connectivity index (χ1) is 11.9. The highest BCUT2D eigenvalue weighted by Crippen LogP contribution is 2.16. The Morgan fingerprint density at radius 3 is 2.56 bits per heavy atom. The van der Waals surface area contributed by atoms with E-state index in [2.05, 4.69) is 5.32 Å². The fourth-order valence-electron chi connectivity index (χ4n) is 2.55. The van der Waals surface area contributed by atoms with Crippen LogP contribution in [0, 0.1) is 19.7 Å². The minimum atomic E-state index is -1.13. The largest absolute Gasteiger partial charge is 0.386 e. The van der Waals surface area contributed by atoms with Crippen LogP contribution in [0.1, 0.15) is 46.0 Å². The van der Waals surface area contributed by atoms with Gasteiger partial charge in [0.05, 0.1) is 6.10 Å². The third-order valence-electron chi connectivity index (χ3n) is 4.03. The minimum absolute atomic E-state index is 0.0240. The van der Waals surface area contributed by atoms with Crippen molar-refractivity contribution in [1.82, 2.24) is 5.32 Å². The van der Waals surface area contributed by atoms with Crippen molar-refractivity contribution in [2.75, 3.05) is 6.54 Å². The molecule has 0 heterocycles. The smallest absolute Gasteiger partial charge is 0.220 e. The van der Waals surface area contributed by atoms with E-state index < -0.39 is 11.9 Å². The lowest BCUT2D eigenvalue weighted by molar-refractivity contribution is -0.121. The van der Waals surface area contributed by atoms with E-state index in [1.807, 2.05) is 32.0 Å². The third kappa shape index (κ3) is 5.22. The second-order valence-corrected chi connectivity index (χ2v) is 6.08. The molecule has 1 unspecified atom stereocenters. The molecule has 0 saturated carbocycles. The summed E-state index contributed by atoms with van der Waals surface area (Å²) in [7, 11) is 0. The minimum Gasteiger partial charge on any atom is -0.386 e. The van der Waals surface area contributed by atoms with Crippen LogP contribution >= 0.6 is 0 Å². The first kappa shape index (κ1) is 18.8. The molecule has 132 valence electrons. The number of ketones is 1. The van der Waals surface area contributed by atoms with Crippen LogP contribution in [0.5, 0.6) is 0 Å². The Kier molecular flexibility index (Phi) is 6.42. The number of carbonyl (C=O) groups is 2. The summed E-state index contributed by atoms with van der Waals surface area (Å²) in [5.74, 6) is -0.964. The molecule has 1 amide bonds. The molecule has 0 aliphatic rings. The van der Waals surface area contributed by atoms with Crippen molar-refractivity contribution in [2.45, 2.75) is 32.8 Å². The molecular weight excluding hydrogens is 321 g/mol. The van der Waals surface area contributed by atoms with Gasteiger partial charge in [-0.15, -0.1) is 0 Å². The fraction of sp³-hybridized carbons (Fsp3) is 0.300. The molecule has 2 aromatic rings. The molecule has 2 rings (SSSR count). The van der Waals surface area contributed by atoms with Gasteiger partial charge in [-0.2, -0.15) is 0 Å². The van der Waals surface area contributed by atoms with Gasteiger partial charge in [0, 0.05) is 30.5 Å². The maximum atomic E-state index is 13.6. The van der Waals surface area contributed by atoms with E-state index in [0.717, 1.165) is 11.1 Å². The molecule has 5 heteroatoms. The summed E-state index contributed by atoms with van der Waals surface area (Å²) in [5, 5.41) is 12.5. The number of Topliss-reactive ketones (excluding diaryl/α,β-unsaturated/α-hetero) is 1. The molecule has 0 aromatic heterocycles. The topological polar surface area (TPSA) is 66.4 Å². The zero-order valence-corrected chi connectivity index (χ0v) is 14.4. The standard InChI is InChI=1S/C20H22FNO3/c1-13-7-8-14(2)16(11-13)18(23)9-10-20(25)22-12-19(24)15-5-3-4-6-17(15)21/h3-8,11,19,24H,9-10,12H2,1-2H3,(H,22,25). The van der Waals surface area contributed by atoms with Crippen molar-refractivity contribution >= 4 is 11.7 Å². The number of nitrogens with one attached hydrogen (secondary N) is 1. The van der Waals surface area contributed by atoms with Crippen LogP contribution < -0.4 is 5.32 Å². The normalized spacial score (nSPS) is 11.8. The first-order valence-corrected chi connectivity index (χ1v) is 8.18. The summed E-state index contributed by atoms with van der Waals surface area (Å²) in [4.78, 5) is 24.1. The number of aliphatic hydroxyl groups excluding tert-OH is 1. The Labute approximate surface area is 146 Å². The monoisotopic (exact) mass is 343 g/mol. The quantitative estimate of drug-likeness (QED) is 0.759. The number of hydrogen-bond acceptors (Lipinski definition) is 3. The highest BCUT2D eigenvalue weighted by molar-refractivity contribution is 5.99. The third-order valence-corrected chi connectivity index (χ3v) is 4.03. The Bertz CT molecular complexity index is 773. The van der Waals surface area contributed by atoms with Crippen molar-refractivity contribution in [1.29, 1.82) is 0 Å². The Morgan fingerprint density at radius 2 is 1.84 bits per heavy atom. The van der Waals surface area contributed by atoms with Gasteiger partial charge in [-0.1, -0.05) is 35.9 Å². The maximum absolute atomic E-state index is 13.6. The van der Waals surface area contributed by atoms with Crippen molar-refractivity contribution in [3.05, 3.63) is 70.5 Å². The molecule has 4 nitrogen and oxygen atoms in total. The van der Waals surface area contributed by atoms with Crippen LogP contribution in [0.3, 0.4) is 0 Å². The predicted octanol–water partition coefficient (Wildman–Crippen LogP) is 3.26. The molecule has 2 aromatic carbocycles. The SMILES string of the molecule is Cc1ccc(C)c(C(=O)CCC(=O)NCC(O)c2ccccc2F)c1. The number of aliphatic hydroxyl groups is 1. The van der Waals surface area contributed by atoms with Crippen molar-refractivity contribution in [3.8, 4) is 0 Å². The van der Waals surface area contributed by atoms with Gasteiger partial charge in [-0.25, -0.2) is 4.39 Å². The van der Waals surface area contributed by atoms with Crippen LogP contribution in [-0.2, 0) is 4.79 Å². The van der Waals surface area contributed by atoms with Gasteiger partial charge in [-0.05, 0) is 31.5 Å². The van der Waals surface area contributed by atoms with E-state index in [1.54, 1.807) is 6.07 Å². The molecule has 25 heavy (non-hydrogen) atoms. The molecule has 0 fully saturated rings. The average molecular weight is 343 g/mol. The van der Waals surface area contributed by atoms with Gasteiger partial charge in [0.25, 0.3) is 0 Å². The zero-order chi connectivity index (χ0) is 18.4. The van der Waals surface area contributed by atoms with Gasteiger partial charge in [-0.3, -0.25) is 9.59 Å². The van der Waals surface area contributed by atoms with Crippen LogP contribution in [0.4, 0.5) is 4.39 Å². The van der Waals surface area contributed by atoms with Crippen molar-refractivity contribution < 1.29 is 19.1 Å². The summed E-state index contributed by atoms with van der Waals surface area (Å²) >= 11 is 0. The molecule has 0 radical (unpaired) electrons. The van der Waals surface area contributed by atoms with Crippen LogP contribution in [0.25, 0.3) is 0 Å². The van der Waals surface area contributed by atoms with E-state index in [0.29, 0.717) is 5.56 Å². The summed E-state index contributed by atoms with van der Waals surface area (Å²) in [6.45, 7) is 3.67. The van der Waals surface area contributed by atoms with E-state index in [9.17, 15) is 19.1 Å². The lowest BCUT2D eigenvalue weighted by Gasteiger charge is -2.13. The summed E-state index contributed by atoms with van der Waals surface area (Å²) < 4.78 is 13.6. The van der Waals surface area contributed by atoms with E-state index in [1.165, 1.54) is 18.2 Å².